The Hall–Kier alpha value is -2.73. The minimum atomic E-state index is -0.762. The van der Waals surface area contributed by atoms with Crippen molar-refractivity contribution in [2.24, 2.45) is 0 Å². The molecule has 1 aromatic heterocycles. The number of para-hydroxylation sites is 1. The van der Waals surface area contributed by atoms with Gasteiger partial charge in [0.1, 0.15) is 11.6 Å². The highest BCUT2D eigenvalue weighted by atomic mass is 19.1. The molecular weight excluding hydrogens is 360 g/mol. The van der Waals surface area contributed by atoms with Gasteiger partial charge in [-0.25, -0.2) is 8.78 Å². The van der Waals surface area contributed by atoms with E-state index < -0.39 is 11.6 Å². The molecule has 0 aliphatic carbocycles. The first-order valence-corrected chi connectivity index (χ1v) is 9.55. The van der Waals surface area contributed by atoms with Crippen molar-refractivity contribution in [3.8, 4) is 0 Å². The Balaban J connectivity index is 1.36. The van der Waals surface area contributed by atoms with Crippen molar-refractivity contribution in [3.05, 3.63) is 65.4 Å². The Kier molecular flexibility index (Phi) is 5.13. The van der Waals surface area contributed by atoms with E-state index in [1.807, 2.05) is 6.07 Å². The Morgan fingerprint density at radius 1 is 1.18 bits per heavy atom. The molecule has 0 bridgehead atoms. The molecule has 6 heteroatoms. The van der Waals surface area contributed by atoms with E-state index in [0.29, 0.717) is 5.92 Å². The number of halogens is 2. The third kappa shape index (κ3) is 3.78. The number of hydrogen-bond acceptors (Lipinski definition) is 2. The van der Waals surface area contributed by atoms with Crippen molar-refractivity contribution in [3.63, 3.8) is 0 Å². The van der Waals surface area contributed by atoms with E-state index in [2.05, 4.69) is 40.3 Å². The van der Waals surface area contributed by atoms with Crippen LogP contribution in [0.5, 0.6) is 0 Å². The van der Waals surface area contributed by atoms with Crippen molar-refractivity contribution in [1.29, 1.82) is 0 Å². The molecule has 1 aliphatic heterocycles. The smallest absolute Gasteiger partial charge is 0.238 e. The van der Waals surface area contributed by atoms with Crippen LogP contribution in [0.3, 0.4) is 0 Å². The van der Waals surface area contributed by atoms with Gasteiger partial charge in [-0.15, -0.1) is 0 Å². The Morgan fingerprint density at radius 3 is 2.68 bits per heavy atom. The number of amides is 1. The number of nitrogens with one attached hydrogen (secondary N) is 2. The van der Waals surface area contributed by atoms with Gasteiger partial charge in [0.05, 0.1) is 12.2 Å². The van der Waals surface area contributed by atoms with E-state index in [1.54, 1.807) is 0 Å². The highest BCUT2D eigenvalue weighted by Gasteiger charge is 2.25. The van der Waals surface area contributed by atoms with Gasteiger partial charge in [0.25, 0.3) is 0 Å². The summed E-state index contributed by atoms with van der Waals surface area (Å²) in [6.45, 7) is 3.94. The number of fused-ring (bicyclic) bond motifs is 1. The van der Waals surface area contributed by atoms with Crippen molar-refractivity contribution >= 4 is 22.5 Å². The van der Waals surface area contributed by atoms with Gasteiger partial charge in [0.15, 0.2) is 0 Å². The fourth-order valence-electron chi connectivity index (χ4n) is 4.19. The molecule has 1 saturated heterocycles. The van der Waals surface area contributed by atoms with Gasteiger partial charge < -0.3 is 10.3 Å². The Morgan fingerprint density at radius 2 is 1.93 bits per heavy atom. The SMILES string of the molecule is Cc1[nH]c2ccccc2c1C1CCN(CC(=O)Nc2ccc(F)cc2F)CC1. The highest BCUT2D eigenvalue weighted by Crippen LogP contribution is 2.35. The number of benzene rings is 2. The van der Waals surface area contributed by atoms with E-state index in [0.717, 1.165) is 43.6 Å². The fourth-order valence-corrected chi connectivity index (χ4v) is 4.19. The van der Waals surface area contributed by atoms with Crippen LogP contribution in [-0.2, 0) is 4.79 Å². The monoisotopic (exact) mass is 383 g/mol. The van der Waals surface area contributed by atoms with Crippen LogP contribution in [0.1, 0.15) is 30.0 Å². The summed E-state index contributed by atoms with van der Waals surface area (Å²) >= 11 is 0. The summed E-state index contributed by atoms with van der Waals surface area (Å²) in [5.74, 6) is -1.25. The standard InChI is InChI=1S/C22H23F2N3O/c1-14-22(17-4-2-3-5-19(17)25-14)15-8-10-27(11-9-15)13-21(28)26-20-7-6-16(23)12-18(20)24/h2-7,12,15,25H,8-11,13H2,1H3,(H,26,28). The number of hydrogen-bond donors (Lipinski definition) is 2. The van der Waals surface area contributed by atoms with Gasteiger partial charge in [0, 0.05) is 22.7 Å². The predicted octanol–water partition coefficient (Wildman–Crippen LogP) is 4.57. The third-order valence-corrected chi connectivity index (χ3v) is 5.51. The van der Waals surface area contributed by atoms with Crippen molar-refractivity contribution in [2.45, 2.75) is 25.7 Å². The molecule has 3 aromatic rings. The van der Waals surface area contributed by atoms with E-state index in [1.165, 1.54) is 22.7 Å². The van der Waals surface area contributed by atoms with Crippen LogP contribution in [0.15, 0.2) is 42.5 Å². The molecule has 1 fully saturated rings. The zero-order valence-corrected chi connectivity index (χ0v) is 15.8. The van der Waals surface area contributed by atoms with Gasteiger partial charge in [-0.3, -0.25) is 9.69 Å². The number of H-pyrrole nitrogens is 1. The first-order valence-electron chi connectivity index (χ1n) is 9.55. The second-order valence-electron chi connectivity index (χ2n) is 7.43. The van der Waals surface area contributed by atoms with Crippen LogP contribution in [0.25, 0.3) is 10.9 Å². The summed E-state index contributed by atoms with van der Waals surface area (Å²) in [6, 6.07) is 11.5. The van der Waals surface area contributed by atoms with E-state index >= 15 is 0 Å². The summed E-state index contributed by atoms with van der Waals surface area (Å²) in [5, 5.41) is 3.81. The van der Waals surface area contributed by atoms with Crippen LogP contribution < -0.4 is 5.32 Å². The number of carbonyl (C=O) groups excluding carboxylic acids is 1. The topological polar surface area (TPSA) is 48.1 Å². The van der Waals surface area contributed by atoms with Gasteiger partial charge in [-0.1, -0.05) is 18.2 Å². The number of aryl methyl sites for hydroxylation is 1. The molecule has 0 radical (unpaired) electrons. The molecule has 0 unspecified atom stereocenters. The number of anilines is 1. The van der Waals surface area contributed by atoms with Crippen molar-refractivity contribution < 1.29 is 13.6 Å². The van der Waals surface area contributed by atoms with Crippen LogP contribution >= 0.6 is 0 Å². The van der Waals surface area contributed by atoms with E-state index in [4.69, 9.17) is 0 Å². The third-order valence-electron chi connectivity index (χ3n) is 5.51. The first kappa shape index (κ1) is 18.6. The quantitative estimate of drug-likeness (QED) is 0.693. The molecule has 0 saturated carbocycles. The Bertz CT molecular complexity index is 1010. The van der Waals surface area contributed by atoms with E-state index in [9.17, 15) is 13.6 Å². The largest absolute Gasteiger partial charge is 0.358 e. The number of carbonyl (C=O) groups is 1. The number of piperidine rings is 1. The molecule has 0 atom stereocenters. The lowest BCUT2D eigenvalue weighted by Crippen LogP contribution is -2.38. The number of aromatic nitrogens is 1. The lowest BCUT2D eigenvalue weighted by molar-refractivity contribution is -0.117. The second-order valence-corrected chi connectivity index (χ2v) is 7.43. The molecule has 28 heavy (non-hydrogen) atoms. The molecular formula is C22H23F2N3O. The molecule has 0 spiro atoms. The molecule has 4 nitrogen and oxygen atoms in total. The predicted molar refractivity (Wildman–Crippen MR) is 106 cm³/mol. The highest BCUT2D eigenvalue weighted by molar-refractivity contribution is 5.92. The zero-order chi connectivity index (χ0) is 19.7. The summed E-state index contributed by atoms with van der Waals surface area (Å²) < 4.78 is 26.7. The number of nitrogens with zero attached hydrogens (tertiary/aromatic N) is 1. The maximum Gasteiger partial charge on any atom is 0.238 e. The van der Waals surface area contributed by atoms with Gasteiger partial charge >= 0.3 is 0 Å². The zero-order valence-electron chi connectivity index (χ0n) is 15.8. The van der Waals surface area contributed by atoms with E-state index in [-0.39, 0.29) is 18.1 Å². The summed E-state index contributed by atoms with van der Waals surface area (Å²) in [5.41, 5.74) is 3.77. The average Bonchev–Trinajstić information content (AvgIpc) is 3.00. The maximum absolute atomic E-state index is 13.7. The molecule has 146 valence electrons. The van der Waals surface area contributed by atoms with Crippen LogP contribution in [-0.4, -0.2) is 35.4 Å². The molecule has 2 N–H and O–H groups in total. The minimum Gasteiger partial charge on any atom is -0.358 e. The average molecular weight is 383 g/mol. The van der Waals surface area contributed by atoms with Crippen molar-refractivity contribution in [1.82, 2.24) is 9.88 Å². The molecule has 2 aromatic carbocycles. The number of likely N-dealkylation sites (tertiary alicyclic amines) is 1. The first-order chi connectivity index (χ1) is 13.5. The molecule has 2 heterocycles. The van der Waals surface area contributed by atoms with Gasteiger partial charge in [0.2, 0.25) is 5.91 Å². The van der Waals surface area contributed by atoms with Crippen LogP contribution in [0.4, 0.5) is 14.5 Å². The maximum atomic E-state index is 13.7. The lowest BCUT2D eigenvalue weighted by atomic mass is 9.87. The normalized spacial score (nSPS) is 15.8. The van der Waals surface area contributed by atoms with Crippen LogP contribution in [0.2, 0.25) is 0 Å². The Labute approximate surface area is 162 Å². The number of rotatable bonds is 4. The second kappa shape index (κ2) is 7.72. The van der Waals surface area contributed by atoms with Crippen LogP contribution in [0, 0.1) is 18.6 Å². The number of aromatic amines is 1. The minimum absolute atomic E-state index is 0.00991. The van der Waals surface area contributed by atoms with Gasteiger partial charge in [-0.05, 0) is 62.5 Å². The summed E-state index contributed by atoms with van der Waals surface area (Å²) in [7, 11) is 0. The molecule has 1 aliphatic rings. The molecule has 4 rings (SSSR count). The lowest BCUT2D eigenvalue weighted by Gasteiger charge is -2.31. The summed E-state index contributed by atoms with van der Waals surface area (Å²) in [6.07, 6.45) is 1.95. The summed E-state index contributed by atoms with van der Waals surface area (Å²) in [4.78, 5) is 17.8. The molecule has 1 amide bonds. The van der Waals surface area contributed by atoms with Crippen molar-refractivity contribution in [2.75, 3.05) is 25.0 Å². The fraction of sp³-hybridized carbons (Fsp3) is 0.318. The van der Waals surface area contributed by atoms with Gasteiger partial charge in [-0.2, -0.15) is 0 Å².